The van der Waals surface area contributed by atoms with Gasteiger partial charge in [-0.1, -0.05) is 128 Å². The summed E-state index contributed by atoms with van der Waals surface area (Å²) in [5, 5.41) is 6.17. The first-order valence-electron chi connectivity index (χ1n) is 18.3. The zero-order valence-electron chi connectivity index (χ0n) is 31.4. The van der Waals surface area contributed by atoms with Gasteiger partial charge < -0.3 is 4.90 Å². The summed E-state index contributed by atoms with van der Waals surface area (Å²) in [6.07, 6.45) is 12.3. The van der Waals surface area contributed by atoms with Crippen molar-refractivity contribution in [3.63, 3.8) is 0 Å². The molecule has 0 spiro atoms. The lowest BCUT2D eigenvalue weighted by molar-refractivity contribution is -0.401. The Kier molecular flexibility index (Phi) is 9.19. The zero-order valence-corrected chi connectivity index (χ0v) is 32.2. The van der Waals surface area contributed by atoms with E-state index >= 15 is 0 Å². The monoisotopic (exact) mass is 689 g/mol. The quantitative estimate of drug-likeness (QED) is 0.171. The van der Waals surface area contributed by atoms with E-state index < -0.39 is 0 Å². The average molecular weight is 690 g/mol. The largest absolute Gasteiger partial charge is 0.347 e. The lowest BCUT2D eigenvalue weighted by Crippen LogP contribution is -2.27. The van der Waals surface area contributed by atoms with E-state index in [1.807, 2.05) is 0 Å². The van der Waals surface area contributed by atoms with Crippen molar-refractivity contribution in [1.82, 2.24) is 0 Å². The fourth-order valence-electron chi connectivity index (χ4n) is 8.59. The number of aryl methyl sites for hydroxylation is 2. The van der Waals surface area contributed by atoms with Crippen LogP contribution in [0.1, 0.15) is 69.2 Å². The smallest absolute Gasteiger partial charge is 0.210 e. The standard InChI is InChI=1S/C40H40ClN2.C8H10/c1-39(2)34(42(5)32-22-18-26-12-7-9-16-30(26)36(32)39)24-20-28-14-11-15-29(38(28)41)21-25-35-40(3,4)37-31-17-10-8-13-27(31)19-23-33(37)43(35)6;1-7-3-5-8(2)6-4-7/h7-10,12-13,16-25H,11,14-15H2,1-6H3;3-6H,1-2H3/q+1;. The van der Waals surface area contributed by atoms with Crippen molar-refractivity contribution in [1.29, 1.82) is 0 Å². The molecule has 5 aromatic carbocycles. The maximum atomic E-state index is 7.16. The van der Waals surface area contributed by atoms with Gasteiger partial charge in [-0.2, -0.15) is 4.58 Å². The van der Waals surface area contributed by atoms with Gasteiger partial charge in [-0.25, -0.2) is 0 Å². The van der Waals surface area contributed by atoms with Gasteiger partial charge in [0, 0.05) is 46.6 Å². The predicted molar refractivity (Wildman–Crippen MR) is 221 cm³/mol. The number of allylic oxidation sites excluding steroid dienone is 8. The van der Waals surface area contributed by atoms with Crippen molar-refractivity contribution in [3.8, 4) is 0 Å². The normalized spacial score (nSPS) is 19.4. The second-order valence-corrected chi connectivity index (χ2v) is 15.9. The Morgan fingerprint density at radius 2 is 1.25 bits per heavy atom. The Labute approximate surface area is 309 Å². The number of nitrogens with zero attached hydrogens (tertiary/aromatic N) is 2. The van der Waals surface area contributed by atoms with Crippen molar-refractivity contribution >= 4 is 50.2 Å². The molecule has 3 heteroatoms. The van der Waals surface area contributed by atoms with Gasteiger partial charge in [-0.15, -0.1) is 0 Å². The molecular formula is C48H50ClN2+. The van der Waals surface area contributed by atoms with Gasteiger partial charge in [0.25, 0.3) is 0 Å². The van der Waals surface area contributed by atoms with Crippen LogP contribution in [0.5, 0.6) is 0 Å². The van der Waals surface area contributed by atoms with Crippen LogP contribution >= 0.6 is 11.6 Å². The topological polar surface area (TPSA) is 6.25 Å². The minimum absolute atomic E-state index is 0.107. The highest BCUT2D eigenvalue weighted by Crippen LogP contribution is 2.50. The van der Waals surface area contributed by atoms with Gasteiger partial charge in [0.15, 0.2) is 5.71 Å². The number of hydrogen-bond acceptors (Lipinski definition) is 1. The molecule has 0 bridgehead atoms. The van der Waals surface area contributed by atoms with E-state index in [1.54, 1.807) is 0 Å². The molecule has 0 radical (unpaired) electrons. The number of halogens is 1. The lowest BCUT2D eigenvalue weighted by Gasteiger charge is -2.25. The number of benzene rings is 5. The van der Waals surface area contributed by atoms with Crippen LogP contribution in [0.2, 0.25) is 0 Å². The molecule has 5 aromatic rings. The molecule has 0 fully saturated rings. The number of anilines is 1. The minimum atomic E-state index is -0.107. The van der Waals surface area contributed by atoms with Gasteiger partial charge in [0.05, 0.1) is 5.41 Å². The highest BCUT2D eigenvalue weighted by atomic mass is 35.5. The molecule has 0 unspecified atom stereocenters. The van der Waals surface area contributed by atoms with E-state index in [2.05, 4.69) is 186 Å². The SMILES string of the molecule is CN1C(=CC=C2CCCC(C=CC3=[N+](C)c4ccc5ccccc5c4C3(C)C)=C2Cl)C(C)(C)c2c1ccc1ccccc21.Cc1ccc(C)cc1. The molecule has 0 atom stereocenters. The van der Waals surface area contributed by atoms with E-state index in [4.69, 9.17) is 11.6 Å². The van der Waals surface area contributed by atoms with Gasteiger partial charge in [-0.05, 0) is 103 Å². The average Bonchev–Trinajstić information content (AvgIpc) is 3.45. The molecule has 2 heterocycles. The third-order valence-corrected chi connectivity index (χ3v) is 11.8. The summed E-state index contributed by atoms with van der Waals surface area (Å²) in [4.78, 5) is 2.36. The van der Waals surface area contributed by atoms with Gasteiger partial charge in [0.2, 0.25) is 5.69 Å². The first kappa shape index (κ1) is 34.8. The molecule has 2 aliphatic heterocycles. The molecule has 2 nitrogen and oxygen atoms in total. The van der Waals surface area contributed by atoms with Gasteiger partial charge >= 0.3 is 0 Å². The molecule has 51 heavy (non-hydrogen) atoms. The molecular weight excluding hydrogens is 640 g/mol. The summed E-state index contributed by atoms with van der Waals surface area (Å²) in [5.41, 5.74) is 12.9. The molecule has 1 aliphatic carbocycles. The van der Waals surface area contributed by atoms with Crippen LogP contribution < -0.4 is 4.90 Å². The Hall–Kier alpha value is -4.66. The van der Waals surface area contributed by atoms with Crippen molar-refractivity contribution in [2.75, 3.05) is 19.0 Å². The van der Waals surface area contributed by atoms with Crippen molar-refractivity contribution in [2.45, 2.75) is 71.6 Å². The van der Waals surface area contributed by atoms with Crippen molar-refractivity contribution in [3.05, 3.63) is 165 Å². The fourth-order valence-corrected chi connectivity index (χ4v) is 8.91. The third kappa shape index (κ3) is 6.19. The van der Waals surface area contributed by atoms with Crippen LogP contribution in [0.25, 0.3) is 21.5 Å². The summed E-state index contributed by atoms with van der Waals surface area (Å²) in [7, 11) is 4.38. The second-order valence-electron chi connectivity index (χ2n) is 15.5. The van der Waals surface area contributed by atoms with Crippen LogP contribution in [0.3, 0.4) is 0 Å². The van der Waals surface area contributed by atoms with Crippen LogP contribution in [-0.2, 0) is 10.8 Å². The van der Waals surface area contributed by atoms with E-state index in [9.17, 15) is 0 Å². The van der Waals surface area contributed by atoms with E-state index in [0.29, 0.717) is 0 Å². The maximum absolute atomic E-state index is 7.16. The fraction of sp³-hybridized carbons (Fsp3) is 0.271. The van der Waals surface area contributed by atoms with Crippen LogP contribution in [0.15, 0.2) is 143 Å². The summed E-state index contributed by atoms with van der Waals surface area (Å²) in [6, 6.07) is 35.0. The van der Waals surface area contributed by atoms with E-state index in [0.717, 1.165) is 24.3 Å². The number of likely N-dealkylation sites (N-methyl/N-ethyl adjacent to an activating group) is 1. The minimum Gasteiger partial charge on any atom is -0.347 e. The Balaban J connectivity index is 0.000000450. The summed E-state index contributed by atoms with van der Waals surface area (Å²) < 4.78 is 2.36. The molecule has 3 aliphatic rings. The van der Waals surface area contributed by atoms with Crippen LogP contribution in [0.4, 0.5) is 11.4 Å². The summed E-state index contributed by atoms with van der Waals surface area (Å²) >= 11 is 7.16. The Morgan fingerprint density at radius 3 is 1.90 bits per heavy atom. The number of fused-ring (bicyclic) bond motifs is 6. The highest BCUT2D eigenvalue weighted by Gasteiger charge is 2.44. The Morgan fingerprint density at radius 1 is 0.667 bits per heavy atom. The summed E-state index contributed by atoms with van der Waals surface area (Å²) in [5.74, 6) is 0. The Bertz CT molecular complexity index is 2300. The van der Waals surface area contributed by atoms with Gasteiger partial charge in [-0.3, -0.25) is 0 Å². The second kappa shape index (κ2) is 13.5. The van der Waals surface area contributed by atoms with Crippen LogP contribution in [0, 0.1) is 13.8 Å². The van der Waals surface area contributed by atoms with Gasteiger partial charge in [0.1, 0.15) is 7.05 Å². The molecule has 0 saturated heterocycles. The first-order valence-corrected chi connectivity index (χ1v) is 18.7. The van der Waals surface area contributed by atoms with Crippen LogP contribution in [-0.4, -0.2) is 24.4 Å². The molecule has 0 aromatic heterocycles. The zero-order chi connectivity index (χ0) is 36.1. The number of rotatable bonds is 3. The maximum Gasteiger partial charge on any atom is 0.210 e. The molecule has 0 saturated carbocycles. The molecule has 0 N–H and O–H groups in total. The third-order valence-electron chi connectivity index (χ3n) is 11.3. The van der Waals surface area contributed by atoms with Crippen molar-refractivity contribution in [2.24, 2.45) is 0 Å². The van der Waals surface area contributed by atoms with Crippen molar-refractivity contribution < 1.29 is 4.58 Å². The predicted octanol–water partition coefficient (Wildman–Crippen LogP) is 12.8. The summed E-state index contributed by atoms with van der Waals surface area (Å²) in [6.45, 7) is 13.6. The first-order chi connectivity index (χ1) is 24.4. The van der Waals surface area contributed by atoms with E-state index in [-0.39, 0.29) is 10.8 Å². The lowest BCUT2D eigenvalue weighted by atomic mass is 9.79. The van der Waals surface area contributed by atoms with E-state index in [1.165, 1.54) is 77.7 Å². The number of hydrogen-bond donors (Lipinski definition) is 0. The highest BCUT2D eigenvalue weighted by molar-refractivity contribution is 6.32. The molecule has 258 valence electrons. The molecule has 0 amide bonds. The molecule has 8 rings (SSSR count).